The van der Waals surface area contributed by atoms with Crippen LogP contribution < -0.4 is 15.8 Å². The second-order valence-corrected chi connectivity index (χ2v) is 4.29. The highest BCUT2D eigenvalue weighted by Gasteiger charge is 2.10. The molecule has 0 aromatic heterocycles. The predicted molar refractivity (Wildman–Crippen MR) is 77.9 cm³/mol. The van der Waals surface area contributed by atoms with Crippen LogP contribution in [0.1, 0.15) is 13.8 Å². The van der Waals surface area contributed by atoms with Crippen LogP contribution in [0, 0.1) is 0 Å². The molecule has 0 bridgehead atoms. The van der Waals surface area contributed by atoms with Crippen molar-refractivity contribution in [3.8, 4) is 5.75 Å². The number of hydrogen-bond acceptors (Lipinski definition) is 5. The first-order chi connectivity index (χ1) is 9.56. The summed E-state index contributed by atoms with van der Waals surface area (Å²) in [4.78, 5) is 11.8. The predicted octanol–water partition coefficient (Wildman–Crippen LogP) is 1.66. The Hall–Kier alpha value is -1.79. The normalized spacial score (nSPS) is 11.9. The van der Waals surface area contributed by atoms with Crippen molar-refractivity contribution < 1.29 is 19.0 Å². The first-order valence-corrected chi connectivity index (χ1v) is 6.49. The van der Waals surface area contributed by atoms with Crippen LogP contribution in [0.25, 0.3) is 0 Å². The summed E-state index contributed by atoms with van der Waals surface area (Å²) in [7, 11) is 1.53. The van der Waals surface area contributed by atoms with Crippen molar-refractivity contribution in [1.29, 1.82) is 0 Å². The maximum atomic E-state index is 11.8. The van der Waals surface area contributed by atoms with Gasteiger partial charge in [-0.15, -0.1) is 0 Å². The lowest BCUT2D eigenvalue weighted by Gasteiger charge is -2.14. The zero-order valence-electron chi connectivity index (χ0n) is 12.1. The molecule has 1 unspecified atom stereocenters. The Morgan fingerprint density at radius 1 is 1.45 bits per heavy atom. The van der Waals surface area contributed by atoms with Crippen molar-refractivity contribution >= 4 is 17.3 Å². The van der Waals surface area contributed by atoms with Crippen LogP contribution in [0.4, 0.5) is 11.4 Å². The smallest absolute Gasteiger partial charge is 0.250 e. The number of hydrogen-bond donors (Lipinski definition) is 2. The summed E-state index contributed by atoms with van der Waals surface area (Å²) in [5.41, 5.74) is 6.75. The first-order valence-electron chi connectivity index (χ1n) is 6.49. The molecule has 6 heteroatoms. The largest absolute Gasteiger partial charge is 0.495 e. The molecule has 0 aliphatic rings. The molecule has 1 aromatic carbocycles. The number of ether oxygens (including phenoxy) is 3. The van der Waals surface area contributed by atoms with Gasteiger partial charge in [0.05, 0.1) is 25.5 Å². The summed E-state index contributed by atoms with van der Waals surface area (Å²) < 4.78 is 15.7. The molecule has 112 valence electrons. The van der Waals surface area contributed by atoms with Gasteiger partial charge in [-0.1, -0.05) is 0 Å². The fraction of sp³-hybridized carbons (Fsp3) is 0.500. The first kappa shape index (κ1) is 16.3. The lowest BCUT2D eigenvalue weighted by atomic mass is 10.2. The van der Waals surface area contributed by atoms with Crippen LogP contribution in [-0.4, -0.2) is 38.9 Å². The number of nitrogens with one attached hydrogen (secondary N) is 1. The minimum absolute atomic E-state index is 0.0494. The Bertz CT molecular complexity index is 437. The number of nitrogens with two attached hydrogens (primary N) is 1. The fourth-order valence-electron chi connectivity index (χ4n) is 1.56. The standard InChI is InChI=1S/C14H22N2O4/c1-4-19-8-10(2)20-9-14(17)16-12-7-11(15)5-6-13(12)18-3/h5-7,10H,4,8-9,15H2,1-3H3,(H,16,17). The molecule has 0 saturated carbocycles. The van der Waals surface area contributed by atoms with Gasteiger partial charge >= 0.3 is 0 Å². The van der Waals surface area contributed by atoms with Crippen molar-refractivity contribution in [2.45, 2.75) is 20.0 Å². The van der Waals surface area contributed by atoms with Gasteiger partial charge in [0, 0.05) is 12.3 Å². The molecule has 1 amide bonds. The van der Waals surface area contributed by atoms with E-state index in [1.807, 2.05) is 13.8 Å². The lowest BCUT2D eigenvalue weighted by Crippen LogP contribution is -2.24. The second kappa shape index (κ2) is 8.39. The summed E-state index contributed by atoms with van der Waals surface area (Å²) in [6.07, 6.45) is -0.136. The summed E-state index contributed by atoms with van der Waals surface area (Å²) in [5, 5.41) is 2.70. The molecule has 0 spiro atoms. The van der Waals surface area contributed by atoms with Gasteiger partial charge in [0.1, 0.15) is 12.4 Å². The van der Waals surface area contributed by atoms with E-state index in [1.54, 1.807) is 18.2 Å². The Morgan fingerprint density at radius 2 is 2.20 bits per heavy atom. The third kappa shape index (κ3) is 5.46. The van der Waals surface area contributed by atoms with E-state index in [0.29, 0.717) is 30.3 Å². The summed E-state index contributed by atoms with van der Waals surface area (Å²) >= 11 is 0. The second-order valence-electron chi connectivity index (χ2n) is 4.29. The summed E-state index contributed by atoms with van der Waals surface area (Å²) in [6, 6.07) is 5.04. The minimum Gasteiger partial charge on any atom is -0.495 e. The highest BCUT2D eigenvalue weighted by molar-refractivity contribution is 5.93. The monoisotopic (exact) mass is 282 g/mol. The van der Waals surface area contributed by atoms with Gasteiger partial charge in [-0.25, -0.2) is 0 Å². The molecule has 0 aliphatic carbocycles. The summed E-state index contributed by atoms with van der Waals surface area (Å²) in [5.74, 6) is 0.284. The van der Waals surface area contributed by atoms with E-state index in [1.165, 1.54) is 7.11 Å². The van der Waals surface area contributed by atoms with Crippen molar-refractivity contribution in [3.05, 3.63) is 18.2 Å². The quantitative estimate of drug-likeness (QED) is 0.708. The number of methoxy groups -OCH3 is 1. The SMILES string of the molecule is CCOCC(C)OCC(=O)Nc1cc(N)ccc1OC. The van der Waals surface area contributed by atoms with Crippen LogP contribution >= 0.6 is 0 Å². The van der Waals surface area contributed by atoms with Crippen LogP contribution in [0.5, 0.6) is 5.75 Å². The van der Waals surface area contributed by atoms with E-state index in [-0.39, 0.29) is 18.6 Å². The van der Waals surface area contributed by atoms with Gasteiger partial charge in [0.25, 0.3) is 0 Å². The van der Waals surface area contributed by atoms with Gasteiger partial charge < -0.3 is 25.3 Å². The number of anilines is 2. The average Bonchev–Trinajstić information content (AvgIpc) is 2.43. The highest BCUT2D eigenvalue weighted by atomic mass is 16.5. The number of benzene rings is 1. The van der Waals surface area contributed by atoms with Crippen molar-refractivity contribution in [3.63, 3.8) is 0 Å². The molecule has 3 N–H and O–H groups in total. The van der Waals surface area contributed by atoms with E-state index in [9.17, 15) is 4.79 Å². The Kier molecular flexibility index (Phi) is 6.83. The van der Waals surface area contributed by atoms with Gasteiger partial charge in [-0.05, 0) is 32.0 Å². The molecule has 0 aliphatic heterocycles. The fourth-order valence-corrected chi connectivity index (χ4v) is 1.56. The molecular weight excluding hydrogens is 260 g/mol. The van der Waals surface area contributed by atoms with Gasteiger partial charge in [0.15, 0.2) is 0 Å². The number of nitrogen functional groups attached to an aromatic ring is 1. The molecule has 6 nitrogen and oxygen atoms in total. The number of amides is 1. The molecule has 1 atom stereocenters. The van der Waals surface area contributed by atoms with Gasteiger partial charge in [-0.2, -0.15) is 0 Å². The Balaban J connectivity index is 2.48. The molecule has 0 fully saturated rings. The van der Waals surface area contributed by atoms with Gasteiger partial charge in [-0.3, -0.25) is 4.79 Å². The number of rotatable bonds is 8. The van der Waals surface area contributed by atoms with Crippen LogP contribution in [-0.2, 0) is 14.3 Å². The number of carbonyl (C=O) groups is 1. The molecule has 20 heavy (non-hydrogen) atoms. The van der Waals surface area contributed by atoms with Crippen molar-refractivity contribution in [2.24, 2.45) is 0 Å². The van der Waals surface area contributed by atoms with E-state index in [4.69, 9.17) is 19.9 Å². The van der Waals surface area contributed by atoms with E-state index < -0.39 is 0 Å². The van der Waals surface area contributed by atoms with E-state index >= 15 is 0 Å². The molecule has 0 saturated heterocycles. The van der Waals surface area contributed by atoms with Crippen LogP contribution in [0.15, 0.2) is 18.2 Å². The number of carbonyl (C=O) groups excluding carboxylic acids is 1. The summed E-state index contributed by atoms with van der Waals surface area (Å²) in [6.45, 7) is 4.80. The maximum absolute atomic E-state index is 11.8. The zero-order valence-corrected chi connectivity index (χ0v) is 12.1. The van der Waals surface area contributed by atoms with Crippen molar-refractivity contribution in [2.75, 3.05) is 38.0 Å². The maximum Gasteiger partial charge on any atom is 0.250 e. The third-order valence-electron chi connectivity index (χ3n) is 2.55. The van der Waals surface area contributed by atoms with E-state index in [2.05, 4.69) is 5.32 Å². The minimum atomic E-state index is -0.266. The zero-order chi connectivity index (χ0) is 15.0. The molecular formula is C14H22N2O4. The van der Waals surface area contributed by atoms with Crippen molar-refractivity contribution in [1.82, 2.24) is 0 Å². The van der Waals surface area contributed by atoms with Crippen LogP contribution in [0.2, 0.25) is 0 Å². The average molecular weight is 282 g/mol. The Morgan fingerprint density at radius 3 is 2.85 bits per heavy atom. The molecule has 1 rings (SSSR count). The topological polar surface area (TPSA) is 82.8 Å². The molecule has 0 radical (unpaired) electrons. The van der Waals surface area contributed by atoms with Crippen LogP contribution in [0.3, 0.4) is 0 Å². The third-order valence-corrected chi connectivity index (χ3v) is 2.55. The lowest BCUT2D eigenvalue weighted by molar-refractivity contribution is -0.123. The van der Waals surface area contributed by atoms with Gasteiger partial charge in [0.2, 0.25) is 5.91 Å². The van der Waals surface area contributed by atoms with E-state index in [0.717, 1.165) is 0 Å². The Labute approximate surface area is 119 Å². The molecule has 1 aromatic rings. The highest BCUT2D eigenvalue weighted by Crippen LogP contribution is 2.26. The molecule has 0 heterocycles.